The Hall–Kier alpha value is -2.04. The summed E-state index contributed by atoms with van der Waals surface area (Å²) in [6, 6.07) is 8.54. The van der Waals surface area contributed by atoms with Crippen LogP contribution in [0.3, 0.4) is 0 Å². The average Bonchev–Trinajstić information content (AvgIpc) is 3.20. The van der Waals surface area contributed by atoms with Crippen molar-refractivity contribution in [3.8, 4) is 5.75 Å². The van der Waals surface area contributed by atoms with Crippen LogP contribution in [0.25, 0.3) is 0 Å². The SMILES string of the molecule is O=C(O)[C@@H]1C[C@H](Oc2ccccc2)CN1C(=O)C1CC1. The first-order chi connectivity index (χ1) is 9.65. The molecule has 106 valence electrons. The molecule has 1 amide bonds. The van der Waals surface area contributed by atoms with E-state index in [9.17, 15) is 14.7 Å². The molecular formula is C15H17NO4. The third-order valence-corrected chi connectivity index (χ3v) is 3.80. The van der Waals surface area contributed by atoms with Gasteiger partial charge in [-0.25, -0.2) is 4.79 Å². The minimum Gasteiger partial charge on any atom is -0.488 e. The molecule has 1 N–H and O–H groups in total. The summed E-state index contributed by atoms with van der Waals surface area (Å²) in [6.45, 7) is 0.362. The summed E-state index contributed by atoms with van der Waals surface area (Å²) in [5.74, 6) is -0.232. The number of para-hydroxylation sites is 1. The second kappa shape index (κ2) is 5.15. The fourth-order valence-corrected chi connectivity index (χ4v) is 2.62. The maximum absolute atomic E-state index is 12.1. The van der Waals surface area contributed by atoms with Gasteiger partial charge in [0.25, 0.3) is 0 Å². The molecule has 2 aliphatic rings. The van der Waals surface area contributed by atoms with Crippen LogP contribution in [0, 0.1) is 5.92 Å². The molecule has 2 atom stereocenters. The third-order valence-electron chi connectivity index (χ3n) is 3.80. The lowest BCUT2D eigenvalue weighted by Crippen LogP contribution is -2.41. The largest absolute Gasteiger partial charge is 0.488 e. The van der Waals surface area contributed by atoms with Crippen molar-refractivity contribution in [2.75, 3.05) is 6.54 Å². The molecule has 1 saturated carbocycles. The second-order valence-corrected chi connectivity index (χ2v) is 5.41. The molecule has 1 aromatic rings. The first-order valence-corrected chi connectivity index (χ1v) is 6.90. The smallest absolute Gasteiger partial charge is 0.326 e. The van der Waals surface area contributed by atoms with Gasteiger partial charge >= 0.3 is 5.97 Å². The topological polar surface area (TPSA) is 66.8 Å². The van der Waals surface area contributed by atoms with Crippen LogP contribution in [0.4, 0.5) is 0 Å². The molecule has 1 aromatic carbocycles. The fourth-order valence-electron chi connectivity index (χ4n) is 2.62. The molecule has 0 spiro atoms. The first-order valence-electron chi connectivity index (χ1n) is 6.90. The van der Waals surface area contributed by atoms with Gasteiger partial charge in [0.2, 0.25) is 5.91 Å². The predicted molar refractivity (Wildman–Crippen MR) is 71.3 cm³/mol. The van der Waals surface area contributed by atoms with Crippen molar-refractivity contribution in [2.24, 2.45) is 5.92 Å². The Kier molecular flexibility index (Phi) is 3.34. The quantitative estimate of drug-likeness (QED) is 0.905. The average molecular weight is 275 g/mol. The van der Waals surface area contributed by atoms with Gasteiger partial charge in [-0.2, -0.15) is 0 Å². The Balaban J connectivity index is 1.69. The number of aliphatic carboxylic acids is 1. The number of carboxylic acid groups (broad SMARTS) is 1. The van der Waals surface area contributed by atoms with Gasteiger partial charge in [-0.3, -0.25) is 4.79 Å². The summed E-state index contributed by atoms with van der Waals surface area (Å²) in [4.78, 5) is 24.9. The van der Waals surface area contributed by atoms with Crippen LogP contribution in [0.2, 0.25) is 0 Å². The van der Waals surface area contributed by atoms with Crippen molar-refractivity contribution in [3.63, 3.8) is 0 Å². The highest BCUT2D eigenvalue weighted by Gasteiger charge is 2.45. The van der Waals surface area contributed by atoms with E-state index in [0.29, 0.717) is 18.7 Å². The van der Waals surface area contributed by atoms with Crippen LogP contribution in [0.15, 0.2) is 30.3 Å². The first kappa shape index (κ1) is 13.0. The molecule has 5 nitrogen and oxygen atoms in total. The molecule has 1 saturated heterocycles. The number of hydrogen-bond acceptors (Lipinski definition) is 3. The highest BCUT2D eigenvalue weighted by atomic mass is 16.5. The van der Waals surface area contributed by atoms with E-state index < -0.39 is 12.0 Å². The predicted octanol–water partition coefficient (Wildman–Crippen LogP) is 1.53. The van der Waals surface area contributed by atoms with Gasteiger partial charge < -0.3 is 14.7 Å². The van der Waals surface area contributed by atoms with E-state index in [2.05, 4.69) is 0 Å². The lowest BCUT2D eigenvalue weighted by atomic mass is 10.2. The van der Waals surface area contributed by atoms with Crippen molar-refractivity contribution in [3.05, 3.63) is 30.3 Å². The summed E-state index contributed by atoms with van der Waals surface area (Å²) in [6.07, 6.45) is 1.86. The lowest BCUT2D eigenvalue weighted by Gasteiger charge is -2.20. The van der Waals surface area contributed by atoms with E-state index in [0.717, 1.165) is 12.8 Å². The maximum Gasteiger partial charge on any atom is 0.326 e. The second-order valence-electron chi connectivity index (χ2n) is 5.41. The summed E-state index contributed by atoms with van der Waals surface area (Å²) in [5.41, 5.74) is 0. The van der Waals surface area contributed by atoms with E-state index in [4.69, 9.17) is 4.74 Å². The standard InChI is InChI=1S/C15H17NO4/c17-14(10-6-7-10)16-9-12(8-13(16)15(18)19)20-11-4-2-1-3-5-11/h1-5,10,12-13H,6-9H2,(H,18,19)/t12-,13-/m0/s1. The molecule has 1 heterocycles. The Morgan fingerprint density at radius 1 is 1.20 bits per heavy atom. The third kappa shape index (κ3) is 2.61. The van der Waals surface area contributed by atoms with Gasteiger partial charge in [-0.1, -0.05) is 18.2 Å². The van der Waals surface area contributed by atoms with Crippen molar-refractivity contribution >= 4 is 11.9 Å². The Bertz CT molecular complexity index is 512. The monoisotopic (exact) mass is 275 g/mol. The minimum absolute atomic E-state index is 0.0310. The number of carbonyl (C=O) groups is 2. The molecule has 5 heteroatoms. The van der Waals surface area contributed by atoms with E-state index in [1.54, 1.807) is 0 Å². The molecular weight excluding hydrogens is 258 g/mol. The van der Waals surface area contributed by atoms with Gasteiger partial charge in [0, 0.05) is 12.3 Å². The van der Waals surface area contributed by atoms with Gasteiger partial charge in [0.15, 0.2) is 0 Å². The Morgan fingerprint density at radius 2 is 1.90 bits per heavy atom. The van der Waals surface area contributed by atoms with E-state index in [1.807, 2.05) is 30.3 Å². The molecule has 0 unspecified atom stereocenters. The maximum atomic E-state index is 12.1. The van der Waals surface area contributed by atoms with Crippen LogP contribution in [-0.4, -0.2) is 40.6 Å². The fraction of sp³-hybridized carbons (Fsp3) is 0.467. The summed E-state index contributed by atoms with van der Waals surface area (Å²) in [7, 11) is 0. The number of benzene rings is 1. The number of nitrogens with zero attached hydrogens (tertiary/aromatic N) is 1. The van der Waals surface area contributed by atoms with E-state index >= 15 is 0 Å². The number of likely N-dealkylation sites (tertiary alicyclic amines) is 1. The van der Waals surface area contributed by atoms with Gasteiger partial charge in [-0.05, 0) is 25.0 Å². The molecule has 2 fully saturated rings. The molecule has 0 bridgehead atoms. The van der Waals surface area contributed by atoms with Crippen LogP contribution in [0.1, 0.15) is 19.3 Å². The minimum atomic E-state index is -0.946. The lowest BCUT2D eigenvalue weighted by molar-refractivity contribution is -0.148. The summed E-state index contributed by atoms with van der Waals surface area (Å²) >= 11 is 0. The van der Waals surface area contributed by atoms with Crippen LogP contribution < -0.4 is 4.74 Å². The highest BCUT2D eigenvalue weighted by molar-refractivity contribution is 5.87. The molecule has 0 aromatic heterocycles. The molecule has 1 aliphatic carbocycles. The molecule has 0 radical (unpaired) electrons. The summed E-state index contributed by atoms with van der Waals surface area (Å²) in [5, 5.41) is 9.27. The Morgan fingerprint density at radius 3 is 2.50 bits per heavy atom. The number of ether oxygens (including phenoxy) is 1. The normalized spacial score (nSPS) is 25.5. The van der Waals surface area contributed by atoms with Gasteiger partial charge in [-0.15, -0.1) is 0 Å². The number of carbonyl (C=O) groups excluding carboxylic acids is 1. The van der Waals surface area contributed by atoms with Crippen LogP contribution in [-0.2, 0) is 9.59 Å². The van der Waals surface area contributed by atoms with Gasteiger partial charge in [0.1, 0.15) is 17.9 Å². The zero-order valence-corrected chi connectivity index (χ0v) is 11.1. The number of amides is 1. The molecule has 1 aliphatic heterocycles. The zero-order chi connectivity index (χ0) is 14.1. The van der Waals surface area contributed by atoms with Crippen molar-refractivity contribution in [2.45, 2.75) is 31.4 Å². The number of carboxylic acids is 1. The van der Waals surface area contributed by atoms with Crippen LogP contribution in [0.5, 0.6) is 5.75 Å². The zero-order valence-electron chi connectivity index (χ0n) is 11.1. The Labute approximate surface area is 117 Å². The van der Waals surface area contributed by atoms with Crippen LogP contribution >= 0.6 is 0 Å². The molecule has 3 rings (SSSR count). The van der Waals surface area contributed by atoms with Crippen molar-refractivity contribution < 1.29 is 19.4 Å². The summed E-state index contributed by atoms with van der Waals surface area (Å²) < 4.78 is 5.78. The number of hydrogen-bond donors (Lipinski definition) is 1. The van der Waals surface area contributed by atoms with Crippen molar-refractivity contribution in [1.82, 2.24) is 4.90 Å². The highest BCUT2D eigenvalue weighted by Crippen LogP contribution is 2.34. The van der Waals surface area contributed by atoms with E-state index in [1.165, 1.54) is 4.90 Å². The van der Waals surface area contributed by atoms with E-state index in [-0.39, 0.29) is 17.9 Å². The number of rotatable bonds is 4. The van der Waals surface area contributed by atoms with Gasteiger partial charge in [0.05, 0.1) is 6.54 Å². The van der Waals surface area contributed by atoms with Crippen molar-refractivity contribution in [1.29, 1.82) is 0 Å². The molecule has 20 heavy (non-hydrogen) atoms.